The van der Waals surface area contributed by atoms with Crippen LogP contribution in [-0.4, -0.2) is 49.4 Å². The molecule has 0 spiro atoms. The van der Waals surface area contributed by atoms with Crippen LogP contribution in [0.1, 0.15) is 35.1 Å². The van der Waals surface area contributed by atoms with Crippen molar-refractivity contribution in [2.75, 3.05) is 13.1 Å². The number of aryl methyl sites for hydroxylation is 1. The van der Waals surface area contributed by atoms with E-state index in [1.54, 1.807) is 34.8 Å². The summed E-state index contributed by atoms with van der Waals surface area (Å²) in [6.07, 6.45) is 5.02. The zero-order valence-electron chi connectivity index (χ0n) is 11.8. The quantitative estimate of drug-likeness (QED) is 0.666. The molecule has 1 aliphatic heterocycles. The Hall–Kier alpha value is -2.44. The minimum absolute atomic E-state index is 0.117. The number of ketones is 1. The maximum absolute atomic E-state index is 12.4. The van der Waals surface area contributed by atoms with E-state index in [0.717, 1.165) is 18.7 Å². The minimum Gasteiger partial charge on any atom is -0.348 e. The van der Waals surface area contributed by atoms with E-state index in [9.17, 15) is 9.59 Å². The molecule has 7 nitrogen and oxygen atoms in total. The number of likely N-dealkylation sites (tertiary alicyclic amines) is 1. The Kier molecular flexibility index (Phi) is 3.55. The van der Waals surface area contributed by atoms with Crippen LogP contribution >= 0.6 is 0 Å². The van der Waals surface area contributed by atoms with Gasteiger partial charge in [0.15, 0.2) is 0 Å². The smallest absolute Gasteiger partial charge is 0.296 e. The molecule has 1 atom stereocenters. The number of amides is 1. The first-order valence-electron chi connectivity index (χ1n) is 6.97. The molecular weight excluding hydrogens is 270 g/mol. The molecule has 0 saturated carbocycles. The van der Waals surface area contributed by atoms with E-state index in [1.165, 1.54) is 6.33 Å². The number of carbonyl (C=O) groups excluding carboxylic acids is 2. The average molecular weight is 287 g/mol. The Labute approximate surface area is 122 Å². The van der Waals surface area contributed by atoms with Gasteiger partial charge in [0.25, 0.3) is 11.7 Å². The standard InChI is InChI=1S/C14H17N5O2/c1-18-6-3-5-11(18)12(20)14(21)19-7-2-4-10(8-19)13-15-9-16-17-13/h3,5-6,9-10H,2,4,7-8H2,1H3,(H,15,16,17)/t10-/m1/s1. The zero-order chi connectivity index (χ0) is 14.8. The van der Waals surface area contributed by atoms with E-state index in [4.69, 9.17) is 0 Å². The number of hydrogen-bond donors (Lipinski definition) is 1. The Morgan fingerprint density at radius 1 is 1.43 bits per heavy atom. The van der Waals surface area contributed by atoms with E-state index in [0.29, 0.717) is 18.8 Å². The van der Waals surface area contributed by atoms with Crippen LogP contribution in [0.15, 0.2) is 24.7 Å². The van der Waals surface area contributed by atoms with E-state index >= 15 is 0 Å². The number of hydrogen-bond acceptors (Lipinski definition) is 4. The molecule has 0 radical (unpaired) electrons. The summed E-state index contributed by atoms with van der Waals surface area (Å²) in [6.45, 7) is 1.11. The second kappa shape index (κ2) is 5.51. The number of aromatic amines is 1. The molecule has 3 heterocycles. The number of nitrogens with one attached hydrogen (secondary N) is 1. The molecule has 0 aliphatic carbocycles. The fourth-order valence-electron chi connectivity index (χ4n) is 2.75. The summed E-state index contributed by atoms with van der Waals surface area (Å²) in [5, 5.41) is 6.69. The molecule has 1 aliphatic rings. The summed E-state index contributed by atoms with van der Waals surface area (Å²) in [5.41, 5.74) is 0.418. The number of carbonyl (C=O) groups is 2. The molecule has 110 valence electrons. The molecule has 0 bridgehead atoms. The number of rotatable bonds is 3. The van der Waals surface area contributed by atoms with Gasteiger partial charge >= 0.3 is 0 Å². The topological polar surface area (TPSA) is 83.9 Å². The molecule has 1 saturated heterocycles. The highest BCUT2D eigenvalue weighted by atomic mass is 16.2. The first-order valence-corrected chi connectivity index (χ1v) is 6.97. The average Bonchev–Trinajstić information content (AvgIpc) is 3.17. The molecule has 1 fully saturated rings. The Morgan fingerprint density at radius 2 is 2.29 bits per heavy atom. The number of H-pyrrole nitrogens is 1. The monoisotopic (exact) mass is 287 g/mol. The maximum Gasteiger partial charge on any atom is 0.296 e. The summed E-state index contributed by atoms with van der Waals surface area (Å²) in [5.74, 6) is -0.00744. The molecular formula is C14H17N5O2. The highest BCUT2D eigenvalue weighted by Crippen LogP contribution is 2.24. The van der Waals surface area contributed by atoms with Crippen molar-refractivity contribution in [3.8, 4) is 0 Å². The molecule has 1 N–H and O–H groups in total. The first kappa shape index (κ1) is 13.5. The molecule has 21 heavy (non-hydrogen) atoms. The van der Waals surface area contributed by atoms with Gasteiger partial charge < -0.3 is 9.47 Å². The van der Waals surface area contributed by atoms with Crippen LogP contribution < -0.4 is 0 Å². The van der Waals surface area contributed by atoms with E-state index in [1.807, 2.05) is 0 Å². The summed E-state index contributed by atoms with van der Waals surface area (Å²) in [6, 6.07) is 3.42. The minimum atomic E-state index is -0.458. The van der Waals surface area contributed by atoms with Crippen LogP contribution in [0, 0.1) is 0 Å². The maximum atomic E-state index is 12.4. The lowest BCUT2D eigenvalue weighted by molar-refractivity contribution is -0.127. The van der Waals surface area contributed by atoms with E-state index < -0.39 is 11.7 Å². The van der Waals surface area contributed by atoms with Crippen LogP contribution in [0.5, 0.6) is 0 Å². The lowest BCUT2D eigenvalue weighted by atomic mass is 9.97. The molecule has 3 rings (SSSR count). The van der Waals surface area contributed by atoms with Gasteiger partial charge in [0, 0.05) is 32.3 Å². The van der Waals surface area contributed by atoms with Gasteiger partial charge in [-0.2, -0.15) is 5.10 Å². The SMILES string of the molecule is Cn1cccc1C(=O)C(=O)N1CCC[C@@H](c2ncn[nH]2)C1. The third-order valence-electron chi connectivity index (χ3n) is 3.90. The molecule has 7 heteroatoms. The van der Waals surface area contributed by atoms with Crippen LogP contribution in [0.3, 0.4) is 0 Å². The summed E-state index contributed by atoms with van der Waals surface area (Å²) < 4.78 is 1.66. The van der Waals surface area contributed by atoms with Gasteiger partial charge in [0.1, 0.15) is 12.2 Å². The first-order chi connectivity index (χ1) is 10.2. The normalized spacial score (nSPS) is 18.7. The number of nitrogens with zero attached hydrogens (tertiary/aromatic N) is 4. The summed E-state index contributed by atoms with van der Waals surface area (Å²) >= 11 is 0. The van der Waals surface area contributed by atoms with Gasteiger partial charge in [-0.25, -0.2) is 4.98 Å². The lowest BCUT2D eigenvalue weighted by Gasteiger charge is -2.31. The predicted octanol–water partition coefficient (Wildman–Crippen LogP) is 0.732. The fraction of sp³-hybridized carbons (Fsp3) is 0.429. The second-order valence-electron chi connectivity index (χ2n) is 5.29. The zero-order valence-corrected chi connectivity index (χ0v) is 11.8. The Morgan fingerprint density at radius 3 is 2.95 bits per heavy atom. The van der Waals surface area contributed by atoms with Crippen molar-refractivity contribution in [1.29, 1.82) is 0 Å². The van der Waals surface area contributed by atoms with Crippen molar-refractivity contribution < 1.29 is 9.59 Å². The fourth-order valence-corrected chi connectivity index (χ4v) is 2.75. The van der Waals surface area contributed by atoms with Crippen molar-refractivity contribution >= 4 is 11.7 Å². The largest absolute Gasteiger partial charge is 0.348 e. The van der Waals surface area contributed by atoms with E-state index in [2.05, 4.69) is 15.2 Å². The van der Waals surface area contributed by atoms with Gasteiger partial charge in [-0.05, 0) is 25.0 Å². The van der Waals surface area contributed by atoms with Crippen LogP contribution in [0.2, 0.25) is 0 Å². The van der Waals surface area contributed by atoms with E-state index in [-0.39, 0.29) is 5.92 Å². The van der Waals surface area contributed by atoms with Gasteiger partial charge in [-0.15, -0.1) is 0 Å². The third-order valence-corrected chi connectivity index (χ3v) is 3.90. The van der Waals surface area contributed by atoms with Crippen molar-refractivity contribution in [1.82, 2.24) is 24.6 Å². The number of Topliss-reactive ketones (excluding diaryl/α,β-unsaturated/α-hetero) is 1. The molecule has 0 unspecified atom stereocenters. The molecule has 2 aromatic rings. The lowest BCUT2D eigenvalue weighted by Crippen LogP contribution is -2.43. The molecule has 2 aromatic heterocycles. The van der Waals surface area contributed by atoms with Crippen molar-refractivity contribution in [3.05, 3.63) is 36.2 Å². The Bertz CT molecular complexity index is 646. The van der Waals surface area contributed by atoms with Crippen molar-refractivity contribution in [3.63, 3.8) is 0 Å². The van der Waals surface area contributed by atoms with Gasteiger partial charge in [-0.3, -0.25) is 14.7 Å². The Balaban J connectivity index is 1.73. The third kappa shape index (κ3) is 2.58. The summed E-state index contributed by atoms with van der Waals surface area (Å²) in [4.78, 5) is 30.4. The summed E-state index contributed by atoms with van der Waals surface area (Å²) in [7, 11) is 1.76. The second-order valence-corrected chi connectivity index (χ2v) is 5.29. The van der Waals surface area contributed by atoms with Crippen LogP contribution in [0.25, 0.3) is 0 Å². The number of aromatic nitrogens is 4. The highest BCUT2D eigenvalue weighted by Gasteiger charge is 2.30. The van der Waals surface area contributed by atoms with Gasteiger partial charge in [0.05, 0.1) is 5.69 Å². The van der Waals surface area contributed by atoms with Crippen molar-refractivity contribution in [2.24, 2.45) is 7.05 Å². The molecule has 1 amide bonds. The number of piperidine rings is 1. The van der Waals surface area contributed by atoms with Gasteiger partial charge in [0.2, 0.25) is 0 Å². The van der Waals surface area contributed by atoms with Crippen LogP contribution in [-0.2, 0) is 11.8 Å². The highest BCUT2D eigenvalue weighted by molar-refractivity contribution is 6.42. The molecule has 0 aromatic carbocycles. The van der Waals surface area contributed by atoms with Crippen molar-refractivity contribution in [2.45, 2.75) is 18.8 Å². The van der Waals surface area contributed by atoms with Gasteiger partial charge in [-0.1, -0.05) is 0 Å². The predicted molar refractivity (Wildman–Crippen MR) is 74.7 cm³/mol. The van der Waals surface area contributed by atoms with Crippen LogP contribution in [0.4, 0.5) is 0 Å².